The second-order valence-corrected chi connectivity index (χ2v) is 8.10. The first-order valence-electron chi connectivity index (χ1n) is 7.63. The molecule has 9 heteroatoms. The van der Waals surface area contributed by atoms with E-state index in [-0.39, 0.29) is 32.6 Å². The lowest BCUT2D eigenvalue weighted by Crippen LogP contribution is -2.11. The number of nitrogens with one attached hydrogen (secondary N) is 1. The number of carbonyl (C=O) groups is 1. The van der Waals surface area contributed by atoms with E-state index >= 15 is 0 Å². The zero-order chi connectivity index (χ0) is 18.9. The van der Waals surface area contributed by atoms with E-state index in [9.17, 15) is 18.3 Å². The van der Waals surface area contributed by atoms with Crippen molar-refractivity contribution in [3.05, 3.63) is 34.0 Å². The van der Waals surface area contributed by atoms with Gasteiger partial charge >= 0.3 is 0 Å². The predicted molar refractivity (Wildman–Crippen MR) is 96.4 cm³/mol. The van der Waals surface area contributed by atoms with E-state index in [1.165, 1.54) is 23.9 Å². The van der Waals surface area contributed by atoms with Crippen LogP contribution in [0.4, 0.5) is 5.69 Å². The van der Waals surface area contributed by atoms with Gasteiger partial charge in [0, 0.05) is 25.4 Å². The average molecular weight is 386 g/mol. The molecule has 0 aliphatic carbocycles. The smallest absolute Gasteiger partial charge is 0.220 e. The van der Waals surface area contributed by atoms with Gasteiger partial charge in [0.15, 0.2) is 9.84 Å². The van der Waals surface area contributed by atoms with Gasteiger partial charge in [0.25, 0.3) is 0 Å². The van der Waals surface area contributed by atoms with E-state index in [2.05, 4.69) is 10.4 Å². The number of benzene rings is 1. The molecule has 0 bridgehead atoms. The highest BCUT2D eigenvalue weighted by atomic mass is 35.5. The van der Waals surface area contributed by atoms with Crippen LogP contribution in [0, 0.1) is 6.92 Å². The third-order valence-electron chi connectivity index (χ3n) is 3.72. The summed E-state index contributed by atoms with van der Waals surface area (Å²) >= 11 is 6.36. The Morgan fingerprint density at radius 1 is 1.40 bits per heavy atom. The first-order valence-corrected chi connectivity index (χ1v) is 9.90. The van der Waals surface area contributed by atoms with E-state index < -0.39 is 15.6 Å². The van der Waals surface area contributed by atoms with Crippen molar-refractivity contribution in [2.24, 2.45) is 7.05 Å². The number of nitrogens with zero attached hydrogens (tertiary/aromatic N) is 2. The number of sulfone groups is 1. The minimum absolute atomic E-state index is 0.00373. The summed E-state index contributed by atoms with van der Waals surface area (Å²) in [6.07, 6.45) is 1.83. The molecular formula is C16H20ClN3O4S. The van der Waals surface area contributed by atoms with Crippen molar-refractivity contribution < 1.29 is 18.3 Å². The number of carbonyl (C=O) groups excluding carboxylic acids is 1. The van der Waals surface area contributed by atoms with Crippen LogP contribution in [0.5, 0.6) is 5.88 Å². The largest absolute Gasteiger partial charge is 0.493 e. The van der Waals surface area contributed by atoms with E-state index in [0.29, 0.717) is 12.2 Å². The molecule has 0 saturated carbocycles. The number of aromatic hydroxyl groups is 1. The molecule has 0 saturated heterocycles. The number of hydrogen-bond acceptors (Lipinski definition) is 6. The summed E-state index contributed by atoms with van der Waals surface area (Å²) in [5.41, 5.74) is 0.686. The number of hydrogen-bond donors (Lipinski definition) is 2. The zero-order valence-corrected chi connectivity index (χ0v) is 16.0. The molecule has 0 atom stereocenters. The van der Waals surface area contributed by atoms with Crippen molar-refractivity contribution in [2.45, 2.75) is 25.2 Å². The van der Waals surface area contributed by atoms with Crippen LogP contribution in [0.25, 0.3) is 0 Å². The third kappa shape index (κ3) is 3.64. The van der Waals surface area contributed by atoms with E-state index in [0.717, 1.165) is 12.7 Å². The number of ketones is 1. The van der Waals surface area contributed by atoms with Gasteiger partial charge in [-0.1, -0.05) is 18.5 Å². The number of aryl methyl sites for hydroxylation is 2. The van der Waals surface area contributed by atoms with Crippen molar-refractivity contribution in [3.63, 3.8) is 0 Å². The lowest BCUT2D eigenvalue weighted by atomic mass is 10.0. The van der Waals surface area contributed by atoms with Crippen molar-refractivity contribution in [1.82, 2.24) is 9.78 Å². The maximum Gasteiger partial charge on any atom is 0.220 e. The van der Waals surface area contributed by atoms with Crippen molar-refractivity contribution in [2.75, 3.05) is 18.1 Å². The van der Waals surface area contributed by atoms with Gasteiger partial charge in [0.05, 0.1) is 21.3 Å². The molecule has 2 rings (SSSR count). The average Bonchev–Trinajstić information content (AvgIpc) is 2.77. The Labute approximate surface area is 151 Å². The second kappa shape index (κ2) is 7.05. The van der Waals surface area contributed by atoms with Crippen LogP contribution in [-0.2, 0) is 16.9 Å². The van der Waals surface area contributed by atoms with Crippen LogP contribution in [0.15, 0.2) is 17.0 Å². The summed E-state index contributed by atoms with van der Waals surface area (Å²) in [4.78, 5) is 12.9. The Kier molecular flexibility index (Phi) is 5.43. The van der Waals surface area contributed by atoms with E-state index in [4.69, 9.17) is 11.6 Å². The first-order chi connectivity index (χ1) is 11.6. The SMILES string of the molecule is CCCNc1c(S(C)(=O)=O)ccc(C(=O)c2c(C)nn(C)c2O)c1Cl. The molecule has 2 aromatic rings. The Balaban J connectivity index is 2.65. The number of halogens is 1. The zero-order valence-electron chi connectivity index (χ0n) is 14.4. The lowest BCUT2D eigenvalue weighted by molar-refractivity contribution is 0.103. The van der Waals surface area contributed by atoms with E-state index in [1.807, 2.05) is 6.92 Å². The molecule has 1 heterocycles. The standard InChI is InChI=1S/C16H20ClN3O4S/c1-5-8-18-14-11(25(4,23)24)7-6-10(13(14)17)15(21)12-9(2)19-20(3)16(12)22/h6-7,18,22H,5,8H2,1-4H3. The third-order valence-corrected chi connectivity index (χ3v) is 5.25. The van der Waals surface area contributed by atoms with Crippen LogP contribution in [0.1, 0.15) is 35.0 Å². The predicted octanol–water partition coefficient (Wildman–Crippen LogP) is 2.54. The van der Waals surface area contributed by atoms with Crippen LogP contribution >= 0.6 is 11.6 Å². The monoisotopic (exact) mass is 385 g/mol. The molecule has 0 amide bonds. The summed E-state index contributed by atoms with van der Waals surface area (Å²) in [6.45, 7) is 4.02. The van der Waals surface area contributed by atoms with Crippen LogP contribution in [0.3, 0.4) is 0 Å². The van der Waals surface area contributed by atoms with Gasteiger partial charge in [-0.05, 0) is 25.5 Å². The Morgan fingerprint density at radius 3 is 2.52 bits per heavy atom. The van der Waals surface area contributed by atoms with Gasteiger partial charge in [0.1, 0.15) is 5.56 Å². The summed E-state index contributed by atoms with van der Waals surface area (Å²) in [7, 11) is -2.01. The molecule has 0 aliphatic rings. The summed E-state index contributed by atoms with van der Waals surface area (Å²) < 4.78 is 25.2. The highest BCUT2D eigenvalue weighted by Gasteiger charge is 2.26. The molecule has 25 heavy (non-hydrogen) atoms. The molecule has 1 aromatic heterocycles. The minimum atomic E-state index is -3.53. The molecule has 0 aliphatic heterocycles. The molecular weight excluding hydrogens is 366 g/mol. The molecule has 2 N–H and O–H groups in total. The van der Waals surface area contributed by atoms with Gasteiger partial charge in [0.2, 0.25) is 11.7 Å². The van der Waals surface area contributed by atoms with Crippen molar-refractivity contribution in [1.29, 1.82) is 0 Å². The fourth-order valence-electron chi connectivity index (χ4n) is 2.50. The molecule has 0 spiro atoms. The lowest BCUT2D eigenvalue weighted by Gasteiger charge is -2.15. The Hall–Kier alpha value is -2.06. The summed E-state index contributed by atoms with van der Waals surface area (Å²) in [5, 5.41) is 17.0. The first kappa shape index (κ1) is 19.3. The Bertz CT molecular complexity index is 935. The highest BCUT2D eigenvalue weighted by molar-refractivity contribution is 7.90. The summed E-state index contributed by atoms with van der Waals surface area (Å²) in [6, 6.07) is 2.69. The van der Waals surface area contributed by atoms with Crippen LogP contribution in [-0.4, -0.2) is 41.9 Å². The second-order valence-electron chi connectivity index (χ2n) is 5.74. The van der Waals surface area contributed by atoms with Crippen LogP contribution in [0.2, 0.25) is 5.02 Å². The van der Waals surface area contributed by atoms with Crippen LogP contribution < -0.4 is 5.32 Å². The molecule has 0 radical (unpaired) electrons. The highest BCUT2D eigenvalue weighted by Crippen LogP contribution is 2.35. The van der Waals surface area contributed by atoms with Crippen molar-refractivity contribution >= 4 is 32.9 Å². The topological polar surface area (TPSA) is 101 Å². The number of aromatic nitrogens is 2. The fourth-order valence-corrected chi connectivity index (χ4v) is 3.74. The van der Waals surface area contributed by atoms with Crippen molar-refractivity contribution in [3.8, 4) is 5.88 Å². The van der Waals surface area contributed by atoms with Gasteiger partial charge in [-0.15, -0.1) is 0 Å². The maximum absolute atomic E-state index is 12.8. The molecule has 1 aromatic carbocycles. The molecule has 7 nitrogen and oxygen atoms in total. The van der Waals surface area contributed by atoms with Gasteiger partial charge in [-0.3, -0.25) is 4.79 Å². The fraction of sp³-hybridized carbons (Fsp3) is 0.375. The molecule has 0 unspecified atom stereocenters. The van der Waals surface area contributed by atoms with Gasteiger partial charge in [-0.2, -0.15) is 5.10 Å². The number of anilines is 1. The quantitative estimate of drug-likeness (QED) is 0.741. The maximum atomic E-state index is 12.8. The van der Waals surface area contributed by atoms with Gasteiger partial charge < -0.3 is 10.4 Å². The Morgan fingerprint density at radius 2 is 2.04 bits per heavy atom. The molecule has 0 fully saturated rings. The summed E-state index contributed by atoms with van der Waals surface area (Å²) in [5.74, 6) is -0.790. The number of rotatable bonds is 6. The minimum Gasteiger partial charge on any atom is -0.493 e. The molecule has 136 valence electrons. The van der Waals surface area contributed by atoms with Gasteiger partial charge in [-0.25, -0.2) is 13.1 Å². The van der Waals surface area contributed by atoms with E-state index in [1.54, 1.807) is 6.92 Å². The normalized spacial score (nSPS) is 11.6.